The third-order valence-electron chi connectivity index (χ3n) is 6.32. The molecule has 0 aromatic heterocycles. The Morgan fingerprint density at radius 1 is 1.20 bits per heavy atom. The second kappa shape index (κ2) is 6.43. The molecule has 1 aliphatic carbocycles. The fourth-order valence-electron chi connectivity index (χ4n) is 4.46. The molecule has 0 radical (unpaired) electrons. The van der Waals surface area contributed by atoms with Crippen LogP contribution in [-0.2, 0) is 4.79 Å². The molecule has 3 fully saturated rings. The highest BCUT2D eigenvalue weighted by Crippen LogP contribution is 2.42. The number of rotatable bonds is 3. The lowest BCUT2D eigenvalue weighted by Gasteiger charge is -2.39. The third kappa shape index (κ3) is 3.16. The standard InChI is InChI=1S/C20H25FN2O2/c21-17-7-2-1-6-16(17)19(25)22-10-8-20(9-11-22)12-18(24)23(14-20)13-15-4-3-5-15/h1-2,6-7,15H,3-5,8-14H2. The van der Waals surface area contributed by atoms with Crippen molar-refractivity contribution in [3.63, 3.8) is 0 Å². The molecule has 1 aromatic rings. The fraction of sp³-hybridized carbons (Fsp3) is 0.600. The molecule has 0 unspecified atom stereocenters. The van der Waals surface area contributed by atoms with E-state index in [2.05, 4.69) is 4.90 Å². The van der Waals surface area contributed by atoms with Crippen LogP contribution in [0.5, 0.6) is 0 Å². The molecular formula is C20H25FN2O2. The first-order valence-corrected chi connectivity index (χ1v) is 9.38. The van der Waals surface area contributed by atoms with Gasteiger partial charge in [0.05, 0.1) is 5.56 Å². The van der Waals surface area contributed by atoms with Crippen molar-refractivity contribution in [1.82, 2.24) is 9.80 Å². The van der Waals surface area contributed by atoms with E-state index in [1.54, 1.807) is 23.1 Å². The number of carbonyl (C=O) groups excluding carboxylic acids is 2. The van der Waals surface area contributed by atoms with Crippen molar-refractivity contribution < 1.29 is 14.0 Å². The van der Waals surface area contributed by atoms with Gasteiger partial charge in [-0.05, 0) is 43.7 Å². The van der Waals surface area contributed by atoms with E-state index in [9.17, 15) is 14.0 Å². The van der Waals surface area contributed by atoms with Crippen molar-refractivity contribution >= 4 is 11.8 Å². The summed E-state index contributed by atoms with van der Waals surface area (Å²) in [4.78, 5) is 28.7. The predicted molar refractivity (Wildman–Crippen MR) is 92.5 cm³/mol. The topological polar surface area (TPSA) is 40.6 Å². The molecule has 1 saturated carbocycles. The van der Waals surface area contributed by atoms with Crippen LogP contribution in [0.1, 0.15) is 48.9 Å². The zero-order valence-corrected chi connectivity index (χ0v) is 14.5. The van der Waals surface area contributed by atoms with Crippen LogP contribution >= 0.6 is 0 Å². The quantitative estimate of drug-likeness (QED) is 0.845. The van der Waals surface area contributed by atoms with Gasteiger partial charge in [0.15, 0.2) is 0 Å². The van der Waals surface area contributed by atoms with Crippen LogP contribution in [0.3, 0.4) is 0 Å². The van der Waals surface area contributed by atoms with Gasteiger partial charge in [-0.1, -0.05) is 18.6 Å². The Kier molecular flexibility index (Phi) is 4.26. The van der Waals surface area contributed by atoms with Gasteiger partial charge < -0.3 is 9.80 Å². The molecule has 25 heavy (non-hydrogen) atoms. The van der Waals surface area contributed by atoms with E-state index in [0.717, 1.165) is 25.9 Å². The Labute approximate surface area is 148 Å². The minimum absolute atomic E-state index is 0.0207. The second-order valence-electron chi connectivity index (χ2n) is 8.02. The van der Waals surface area contributed by atoms with Crippen LogP contribution in [0.4, 0.5) is 4.39 Å². The van der Waals surface area contributed by atoms with Crippen molar-refractivity contribution in [3.05, 3.63) is 35.6 Å². The van der Waals surface area contributed by atoms with E-state index in [1.807, 2.05) is 0 Å². The number of hydrogen-bond acceptors (Lipinski definition) is 2. The average molecular weight is 344 g/mol. The molecule has 0 N–H and O–H groups in total. The molecule has 5 heteroatoms. The van der Waals surface area contributed by atoms with Crippen molar-refractivity contribution in [1.29, 1.82) is 0 Å². The van der Waals surface area contributed by atoms with Gasteiger partial charge in [-0.15, -0.1) is 0 Å². The predicted octanol–water partition coefficient (Wildman–Crippen LogP) is 3.08. The van der Waals surface area contributed by atoms with Gasteiger partial charge in [0, 0.05) is 38.0 Å². The highest BCUT2D eigenvalue weighted by atomic mass is 19.1. The zero-order chi connectivity index (χ0) is 17.4. The molecule has 2 saturated heterocycles. The Morgan fingerprint density at radius 2 is 1.92 bits per heavy atom. The first-order valence-electron chi connectivity index (χ1n) is 9.38. The number of halogens is 1. The maximum atomic E-state index is 13.9. The zero-order valence-electron chi connectivity index (χ0n) is 14.5. The molecule has 2 amide bonds. The summed E-state index contributed by atoms with van der Waals surface area (Å²) in [5, 5.41) is 0. The summed E-state index contributed by atoms with van der Waals surface area (Å²) in [5.74, 6) is 0.279. The summed E-state index contributed by atoms with van der Waals surface area (Å²) in [6.45, 7) is 2.97. The Morgan fingerprint density at radius 3 is 2.56 bits per heavy atom. The number of likely N-dealkylation sites (tertiary alicyclic amines) is 2. The van der Waals surface area contributed by atoms with E-state index < -0.39 is 5.82 Å². The third-order valence-corrected chi connectivity index (χ3v) is 6.32. The van der Waals surface area contributed by atoms with Gasteiger partial charge in [-0.3, -0.25) is 9.59 Å². The van der Waals surface area contributed by atoms with Crippen LogP contribution in [0.25, 0.3) is 0 Å². The van der Waals surface area contributed by atoms with Crippen molar-refractivity contribution in [2.45, 2.75) is 38.5 Å². The molecule has 4 rings (SSSR count). The number of carbonyl (C=O) groups is 2. The van der Waals surface area contributed by atoms with E-state index in [-0.39, 0.29) is 22.8 Å². The molecule has 4 nitrogen and oxygen atoms in total. The lowest BCUT2D eigenvalue weighted by Crippen LogP contribution is -2.44. The Bertz CT molecular complexity index is 678. The van der Waals surface area contributed by atoms with Crippen molar-refractivity contribution in [2.24, 2.45) is 11.3 Å². The van der Waals surface area contributed by atoms with E-state index >= 15 is 0 Å². The molecule has 1 spiro atoms. The molecule has 2 aliphatic heterocycles. The number of hydrogen-bond donors (Lipinski definition) is 0. The molecule has 134 valence electrons. The van der Waals surface area contributed by atoms with Gasteiger partial charge in [0.25, 0.3) is 5.91 Å². The molecular weight excluding hydrogens is 319 g/mol. The molecule has 0 bridgehead atoms. The molecule has 3 aliphatic rings. The number of piperidine rings is 1. The van der Waals surface area contributed by atoms with Gasteiger partial charge in [-0.25, -0.2) is 4.39 Å². The smallest absolute Gasteiger partial charge is 0.256 e. The highest BCUT2D eigenvalue weighted by molar-refractivity contribution is 5.94. The van der Waals surface area contributed by atoms with Crippen LogP contribution in [-0.4, -0.2) is 47.8 Å². The maximum absolute atomic E-state index is 13.9. The van der Waals surface area contributed by atoms with Crippen LogP contribution < -0.4 is 0 Å². The lowest BCUT2D eigenvalue weighted by atomic mass is 9.77. The van der Waals surface area contributed by atoms with Gasteiger partial charge in [0.1, 0.15) is 5.82 Å². The monoisotopic (exact) mass is 344 g/mol. The van der Waals surface area contributed by atoms with Crippen LogP contribution in [0.15, 0.2) is 24.3 Å². The van der Waals surface area contributed by atoms with Gasteiger partial charge >= 0.3 is 0 Å². The number of nitrogens with zero attached hydrogens (tertiary/aromatic N) is 2. The summed E-state index contributed by atoms with van der Waals surface area (Å²) < 4.78 is 13.9. The number of benzene rings is 1. The maximum Gasteiger partial charge on any atom is 0.256 e. The molecule has 0 atom stereocenters. The van der Waals surface area contributed by atoms with E-state index in [4.69, 9.17) is 0 Å². The summed E-state index contributed by atoms with van der Waals surface area (Å²) in [5.41, 5.74) is 0.167. The summed E-state index contributed by atoms with van der Waals surface area (Å²) in [6, 6.07) is 6.15. The molecule has 1 aromatic carbocycles. The number of amides is 2. The van der Waals surface area contributed by atoms with Crippen molar-refractivity contribution in [3.8, 4) is 0 Å². The summed E-state index contributed by atoms with van der Waals surface area (Å²) >= 11 is 0. The van der Waals surface area contributed by atoms with E-state index in [0.29, 0.717) is 25.4 Å². The SMILES string of the molecule is O=C1CC2(CCN(C(=O)c3ccccc3F)CC2)CN1CC1CCC1. The normalized spacial score (nSPS) is 23.2. The largest absolute Gasteiger partial charge is 0.342 e. The van der Waals surface area contributed by atoms with Gasteiger partial charge in [0.2, 0.25) is 5.91 Å². The minimum Gasteiger partial charge on any atom is -0.342 e. The van der Waals surface area contributed by atoms with Crippen LogP contribution in [0, 0.1) is 17.2 Å². The lowest BCUT2D eigenvalue weighted by molar-refractivity contribution is -0.128. The summed E-state index contributed by atoms with van der Waals surface area (Å²) in [7, 11) is 0. The van der Waals surface area contributed by atoms with Gasteiger partial charge in [-0.2, -0.15) is 0 Å². The Balaban J connectivity index is 1.37. The second-order valence-corrected chi connectivity index (χ2v) is 8.02. The Hall–Kier alpha value is -1.91. The first kappa shape index (κ1) is 16.6. The highest BCUT2D eigenvalue weighted by Gasteiger charge is 2.46. The fourth-order valence-corrected chi connectivity index (χ4v) is 4.46. The first-order chi connectivity index (χ1) is 12.1. The minimum atomic E-state index is -0.462. The average Bonchev–Trinajstić information content (AvgIpc) is 2.87. The van der Waals surface area contributed by atoms with Crippen LogP contribution in [0.2, 0.25) is 0 Å². The van der Waals surface area contributed by atoms with E-state index in [1.165, 1.54) is 25.3 Å². The van der Waals surface area contributed by atoms with Crippen molar-refractivity contribution in [2.75, 3.05) is 26.2 Å². The summed E-state index contributed by atoms with van der Waals surface area (Å²) in [6.07, 6.45) is 6.08. The molecule has 2 heterocycles.